The molecule has 1 aromatic rings. The topological polar surface area (TPSA) is 40.5 Å². The lowest BCUT2D eigenvalue weighted by Gasteiger charge is -2.25. The zero-order valence-electron chi connectivity index (χ0n) is 11.1. The maximum atomic E-state index is 11.0. The van der Waals surface area contributed by atoms with E-state index >= 15 is 0 Å². The van der Waals surface area contributed by atoms with Gasteiger partial charge in [0.25, 0.3) is 0 Å². The minimum Gasteiger partial charge on any atom is -0.478 e. The summed E-state index contributed by atoms with van der Waals surface area (Å²) in [5.41, 5.74) is 2.41. The van der Waals surface area contributed by atoms with Crippen LogP contribution in [0.25, 0.3) is 0 Å². The molecule has 1 aliphatic rings. The Kier molecular flexibility index (Phi) is 3.90. The molecule has 0 radical (unpaired) electrons. The van der Waals surface area contributed by atoms with E-state index in [0.717, 1.165) is 36.7 Å². The van der Waals surface area contributed by atoms with Crippen LogP contribution in [0.15, 0.2) is 18.2 Å². The number of carboxylic acids is 1. The largest absolute Gasteiger partial charge is 0.478 e. The highest BCUT2D eigenvalue weighted by Gasteiger charge is 2.24. The molecule has 3 heteroatoms. The highest BCUT2D eigenvalue weighted by molar-refractivity contribution is 5.89. The number of aromatic carboxylic acids is 1. The van der Waals surface area contributed by atoms with Crippen LogP contribution in [0.5, 0.6) is 0 Å². The van der Waals surface area contributed by atoms with E-state index in [1.165, 1.54) is 12.8 Å². The average Bonchev–Trinajstić information content (AvgIpc) is 3.11. The van der Waals surface area contributed by atoms with Crippen molar-refractivity contribution in [2.45, 2.75) is 33.1 Å². The highest BCUT2D eigenvalue weighted by Crippen LogP contribution is 2.32. The summed E-state index contributed by atoms with van der Waals surface area (Å²) in [6.07, 6.45) is 3.80. The molecule has 98 valence electrons. The van der Waals surface area contributed by atoms with E-state index in [-0.39, 0.29) is 0 Å². The van der Waals surface area contributed by atoms with Crippen LogP contribution in [0.3, 0.4) is 0 Å². The maximum absolute atomic E-state index is 11.0. The molecular formula is C15H21NO2. The lowest BCUT2D eigenvalue weighted by Crippen LogP contribution is -2.26. The second-order valence-electron chi connectivity index (χ2n) is 5.19. The van der Waals surface area contributed by atoms with Crippen molar-refractivity contribution >= 4 is 11.7 Å². The molecule has 1 N–H and O–H groups in total. The minimum absolute atomic E-state index is 0.404. The standard InChI is InChI=1S/C15H21NO2/c1-3-8-16(10-12-4-5-12)13-6-7-14(15(17)18)11(2)9-13/h6-7,9,12H,3-5,8,10H2,1-2H3,(H,17,18). The second-order valence-corrected chi connectivity index (χ2v) is 5.19. The molecule has 0 saturated heterocycles. The summed E-state index contributed by atoms with van der Waals surface area (Å²) in [6, 6.07) is 5.67. The van der Waals surface area contributed by atoms with E-state index in [0.29, 0.717) is 5.56 Å². The van der Waals surface area contributed by atoms with Gasteiger partial charge in [-0.05, 0) is 55.9 Å². The van der Waals surface area contributed by atoms with E-state index in [1.807, 2.05) is 19.1 Å². The molecule has 1 aromatic carbocycles. The third-order valence-corrected chi connectivity index (χ3v) is 3.47. The first-order valence-corrected chi connectivity index (χ1v) is 6.70. The van der Waals surface area contributed by atoms with Crippen LogP contribution < -0.4 is 4.90 Å². The normalized spacial score (nSPS) is 14.6. The Labute approximate surface area is 108 Å². The lowest BCUT2D eigenvalue weighted by atomic mass is 10.1. The molecule has 2 rings (SSSR count). The van der Waals surface area contributed by atoms with Crippen LogP contribution in [-0.2, 0) is 0 Å². The van der Waals surface area contributed by atoms with Crippen molar-refractivity contribution in [1.29, 1.82) is 0 Å². The predicted octanol–water partition coefficient (Wildman–Crippen LogP) is 3.32. The first-order chi connectivity index (χ1) is 8.61. The maximum Gasteiger partial charge on any atom is 0.335 e. The molecule has 1 aliphatic carbocycles. The predicted molar refractivity (Wildman–Crippen MR) is 73.4 cm³/mol. The monoisotopic (exact) mass is 247 g/mol. The zero-order chi connectivity index (χ0) is 13.1. The number of carboxylic acid groups (broad SMARTS) is 1. The Morgan fingerprint density at radius 3 is 2.67 bits per heavy atom. The van der Waals surface area contributed by atoms with Gasteiger partial charge in [0.1, 0.15) is 0 Å². The summed E-state index contributed by atoms with van der Waals surface area (Å²) < 4.78 is 0. The first kappa shape index (κ1) is 12.9. The summed E-state index contributed by atoms with van der Waals surface area (Å²) in [7, 11) is 0. The van der Waals surface area contributed by atoms with Crippen LogP contribution in [-0.4, -0.2) is 24.2 Å². The van der Waals surface area contributed by atoms with E-state index in [4.69, 9.17) is 5.11 Å². The minimum atomic E-state index is -0.844. The first-order valence-electron chi connectivity index (χ1n) is 6.70. The van der Waals surface area contributed by atoms with Gasteiger partial charge in [-0.2, -0.15) is 0 Å². The molecule has 0 atom stereocenters. The van der Waals surface area contributed by atoms with Gasteiger partial charge in [-0.25, -0.2) is 4.79 Å². The van der Waals surface area contributed by atoms with Gasteiger partial charge < -0.3 is 10.0 Å². The van der Waals surface area contributed by atoms with E-state index in [9.17, 15) is 4.79 Å². The van der Waals surface area contributed by atoms with Crippen molar-refractivity contribution in [2.24, 2.45) is 5.92 Å². The number of rotatable bonds is 6. The quantitative estimate of drug-likeness (QED) is 0.838. The molecule has 1 saturated carbocycles. The summed E-state index contributed by atoms with van der Waals surface area (Å²) >= 11 is 0. The number of nitrogens with zero attached hydrogens (tertiary/aromatic N) is 1. The molecule has 18 heavy (non-hydrogen) atoms. The molecule has 0 bridgehead atoms. The molecule has 0 amide bonds. The third-order valence-electron chi connectivity index (χ3n) is 3.47. The fraction of sp³-hybridized carbons (Fsp3) is 0.533. The molecule has 0 aliphatic heterocycles. The van der Waals surface area contributed by atoms with Gasteiger partial charge in [0.2, 0.25) is 0 Å². The smallest absolute Gasteiger partial charge is 0.335 e. The van der Waals surface area contributed by atoms with Crippen LogP contribution >= 0.6 is 0 Å². The Morgan fingerprint density at radius 1 is 1.44 bits per heavy atom. The van der Waals surface area contributed by atoms with Crippen molar-refractivity contribution in [3.05, 3.63) is 29.3 Å². The summed E-state index contributed by atoms with van der Waals surface area (Å²) in [5, 5.41) is 9.04. The molecule has 0 aromatic heterocycles. The fourth-order valence-electron chi connectivity index (χ4n) is 2.29. The molecule has 0 spiro atoms. The van der Waals surface area contributed by atoms with Gasteiger partial charge in [0, 0.05) is 18.8 Å². The SMILES string of the molecule is CCCN(CC1CC1)c1ccc(C(=O)O)c(C)c1. The van der Waals surface area contributed by atoms with Crippen molar-refractivity contribution in [1.82, 2.24) is 0 Å². The van der Waals surface area contributed by atoms with Crippen LogP contribution in [0.4, 0.5) is 5.69 Å². The van der Waals surface area contributed by atoms with Crippen LogP contribution in [0.1, 0.15) is 42.1 Å². The number of anilines is 1. The molecule has 0 unspecified atom stereocenters. The van der Waals surface area contributed by atoms with Crippen LogP contribution in [0, 0.1) is 12.8 Å². The Morgan fingerprint density at radius 2 is 2.17 bits per heavy atom. The van der Waals surface area contributed by atoms with Gasteiger partial charge in [-0.1, -0.05) is 6.92 Å². The van der Waals surface area contributed by atoms with Crippen molar-refractivity contribution < 1.29 is 9.90 Å². The summed E-state index contributed by atoms with van der Waals surface area (Å²) in [5.74, 6) is -0.000657. The van der Waals surface area contributed by atoms with E-state index in [2.05, 4.69) is 11.8 Å². The van der Waals surface area contributed by atoms with Gasteiger partial charge in [0.05, 0.1) is 5.56 Å². The highest BCUT2D eigenvalue weighted by atomic mass is 16.4. The molecule has 0 heterocycles. The number of hydrogen-bond acceptors (Lipinski definition) is 2. The number of benzene rings is 1. The van der Waals surface area contributed by atoms with Gasteiger partial charge in [-0.3, -0.25) is 0 Å². The average molecular weight is 247 g/mol. The Hall–Kier alpha value is -1.51. The van der Waals surface area contributed by atoms with Crippen molar-refractivity contribution in [3.8, 4) is 0 Å². The van der Waals surface area contributed by atoms with Crippen molar-refractivity contribution in [2.75, 3.05) is 18.0 Å². The summed E-state index contributed by atoms with van der Waals surface area (Å²) in [4.78, 5) is 13.4. The molecular weight excluding hydrogens is 226 g/mol. The molecule has 3 nitrogen and oxygen atoms in total. The number of aryl methyl sites for hydroxylation is 1. The number of hydrogen-bond donors (Lipinski definition) is 1. The van der Waals surface area contributed by atoms with Gasteiger partial charge >= 0.3 is 5.97 Å². The van der Waals surface area contributed by atoms with E-state index in [1.54, 1.807) is 6.07 Å². The van der Waals surface area contributed by atoms with E-state index < -0.39 is 5.97 Å². The fourth-order valence-corrected chi connectivity index (χ4v) is 2.29. The Balaban J connectivity index is 2.18. The summed E-state index contributed by atoms with van der Waals surface area (Å²) in [6.45, 7) is 6.20. The second kappa shape index (κ2) is 5.42. The van der Waals surface area contributed by atoms with Crippen molar-refractivity contribution in [3.63, 3.8) is 0 Å². The van der Waals surface area contributed by atoms with Crippen LogP contribution in [0.2, 0.25) is 0 Å². The Bertz CT molecular complexity index is 438. The molecule has 1 fully saturated rings. The van der Waals surface area contributed by atoms with Gasteiger partial charge in [0.15, 0.2) is 0 Å². The lowest BCUT2D eigenvalue weighted by molar-refractivity contribution is 0.0696. The zero-order valence-corrected chi connectivity index (χ0v) is 11.1. The number of carbonyl (C=O) groups is 1. The van der Waals surface area contributed by atoms with Gasteiger partial charge in [-0.15, -0.1) is 0 Å². The third kappa shape index (κ3) is 3.03.